The molecule has 0 amide bonds. The maximum Gasteiger partial charge on any atom is 0.0936 e. The Kier molecular flexibility index (Phi) is 5.55. The van der Waals surface area contributed by atoms with E-state index < -0.39 is 0 Å². The molecule has 0 radical (unpaired) electrons. The molecule has 1 N–H and O–H groups in total. The van der Waals surface area contributed by atoms with Gasteiger partial charge in [-0.05, 0) is 30.4 Å². The van der Waals surface area contributed by atoms with Crippen molar-refractivity contribution < 1.29 is 0 Å². The number of thiol groups is 1. The first-order valence-electron chi connectivity index (χ1n) is 4.89. The Morgan fingerprint density at radius 1 is 1.40 bits per heavy atom. The molecule has 0 bridgehead atoms. The predicted molar refractivity (Wildman–Crippen MR) is 66.0 cm³/mol. The zero-order valence-electron chi connectivity index (χ0n) is 8.72. The van der Waals surface area contributed by atoms with Crippen LogP contribution in [0.4, 0.5) is 0 Å². The SMILES string of the molecule is CCCS.c1cncc(-c2cc[nH]n2)c1. The minimum Gasteiger partial charge on any atom is -0.285 e. The lowest BCUT2D eigenvalue weighted by atomic mass is 10.2. The molecule has 2 aromatic rings. The number of hydrogen-bond acceptors (Lipinski definition) is 3. The lowest BCUT2D eigenvalue weighted by Gasteiger charge is -1.91. The highest BCUT2D eigenvalue weighted by molar-refractivity contribution is 7.80. The van der Waals surface area contributed by atoms with Gasteiger partial charge in [-0.2, -0.15) is 17.7 Å². The van der Waals surface area contributed by atoms with Crippen LogP contribution >= 0.6 is 12.6 Å². The molecule has 0 aliphatic rings. The van der Waals surface area contributed by atoms with Crippen molar-refractivity contribution in [2.24, 2.45) is 0 Å². The van der Waals surface area contributed by atoms with Crippen molar-refractivity contribution in [2.45, 2.75) is 13.3 Å². The third-order valence-electron chi connectivity index (χ3n) is 1.68. The molecule has 0 atom stereocenters. The number of H-pyrrole nitrogens is 1. The molecule has 3 nitrogen and oxygen atoms in total. The van der Waals surface area contributed by atoms with Gasteiger partial charge in [0.1, 0.15) is 0 Å². The Bertz CT molecular complexity index is 343. The van der Waals surface area contributed by atoms with Crippen LogP contribution in [0.25, 0.3) is 11.3 Å². The van der Waals surface area contributed by atoms with Gasteiger partial charge >= 0.3 is 0 Å². The minimum atomic E-state index is 0.929. The second kappa shape index (κ2) is 7.06. The fraction of sp³-hybridized carbons (Fsp3) is 0.273. The van der Waals surface area contributed by atoms with Crippen molar-refractivity contribution >= 4 is 12.6 Å². The minimum absolute atomic E-state index is 0.929. The van der Waals surface area contributed by atoms with E-state index in [0.717, 1.165) is 17.0 Å². The molecule has 0 aromatic carbocycles. The van der Waals surface area contributed by atoms with Gasteiger partial charge in [-0.25, -0.2) is 0 Å². The summed E-state index contributed by atoms with van der Waals surface area (Å²) in [6.07, 6.45) is 6.51. The molecule has 0 aliphatic carbocycles. The molecule has 2 heterocycles. The highest BCUT2D eigenvalue weighted by atomic mass is 32.1. The third kappa shape index (κ3) is 4.16. The van der Waals surface area contributed by atoms with Crippen LogP contribution in [0.3, 0.4) is 0 Å². The van der Waals surface area contributed by atoms with E-state index >= 15 is 0 Å². The maximum atomic E-state index is 4.02. The molecule has 0 aliphatic heterocycles. The molecule has 0 unspecified atom stereocenters. The third-order valence-corrected chi connectivity index (χ3v) is 2.13. The first-order valence-corrected chi connectivity index (χ1v) is 5.52. The van der Waals surface area contributed by atoms with E-state index in [9.17, 15) is 0 Å². The molecule has 2 rings (SSSR count). The number of pyridine rings is 1. The summed E-state index contributed by atoms with van der Waals surface area (Å²) >= 11 is 3.92. The zero-order valence-corrected chi connectivity index (χ0v) is 9.61. The zero-order chi connectivity index (χ0) is 10.9. The Morgan fingerprint density at radius 2 is 2.20 bits per heavy atom. The molecule has 80 valence electrons. The summed E-state index contributed by atoms with van der Waals surface area (Å²) in [5, 5.41) is 6.77. The molecular weight excluding hydrogens is 206 g/mol. The molecule has 0 fully saturated rings. The second-order valence-electron chi connectivity index (χ2n) is 2.92. The molecule has 0 spiro atoms. The number of aromatic nitrogens is 3. The lowest BCUT2D eigenvalue weighted by Crippen LogP contribution is -1.77. The van der Waals surface area contributed by atoms with E-state index in [-0.39, 0.29) is 0 Å². The summed E-state index contributed by atoms with van der Waals surface area (Å²) in [7, 11) is 0. The van der Waals surface area contributed by atoms with Gasteiger partial charge in [0.2, 0.25) is 0 Å². The summed E-state index contributed by atoms with van der Waals surface area (Å²) in [5.74, 6) is 1.01. The number of aromatic amines is 1. The predicted octanol–water partition coefficient (Wildman–Crippen LogP) is 2.80. The average Bonchev–Trinajstić information content (AvgIpc) is 2.84. The first kappa shape index (κ1) is 11.8. The van der Waals surface area contributed by atoms with Gasteiger partial charge < -0.3 is 0 Å². The Balaban J connectivity index is 0.000000245. The normalized spacial score (nSPS) is 9.20. The van der Waals surface area contributed by atoms with Crippen LogP contribution in [0.1, 0.15) is 13.3 Å². The number of hydrogen-bond donors (Lipinski definition) is 2. The molecule has 0 saturated heterocycles. The largest absolute Gasteiger partial charge is 0.285 e. The van der Waals surface area contributed by atoms with E-state index in [2.05, 4.69) is 34.7 Å². The van der Waals surface area contributed by atoms with E-state index in [1.807, 2.05) is 18.2 Å². The van der Waals surface area contributed by atoms with E-state index in [1.54, 1.807) is 18.6 Å². The van der Waals surface area contributed by atoms with Crippen molar-refractivity contribution in [1.29, 1.82) is 0 Å². The van der Waals surface area contributed by atoms with Gasteiger partial charge in [0.15, 0.2) is 0 Å². The molecule has 0 saturated carbocycles. The smallest absolute Gasteiger partial charge is 0.0936 e. The van der Waals surface area contributed by atoms with Crippen LogP contribution in [0, 0.1) is 0 Å². The molecule has 2 aromatic heterocycles. The van der Waals surface area contributed by atoms with Crippen molar-refractivity contribution in [3.05, 3.63) is 36.8 Å². The van der Waals surface area contributed by atoms with Gasteiger partial charge in [-0.15, -0.1) is 0 Å². The van der Waals surface area contributed by atoms with Crippen molar-refractivity contribution in [3.63, 3.8) is 0 Å². The monoisotopic (exact) mass is 221 g/mol. The van der Waals surface area contributed by atoms with Gasteiger partial charge in [0, 0.05) is 24.2 Å². The summed E-state index contributed by atoms with van der Waals surface area (Å²) < 4.78 is 0. The van der Waals surface area contributed by atoms with E-state index in [4.69, 9.17) is 0 Å². The molecule has 15 heavy (non-hydrogen) atoms. The molecule has 4 heteroatoms. The fourth-order valence-corrected chi connectivity index (χ4v) is 0.935. The summed E-state index contributed by atoms with van der Waals surface area (Å²) in [5.41, 5.74) is 1.96. The summed E-state index contributed by atoms with van der Waals surface area (Å²) in [6.45, 7) is 2.10. The standard InChI is InChI=1S/C8H7N3.C3H8S/c1-2-7(6-9-4-1)8-3-5-10-11-8;1-2-3-4/h1-6H,(H,10,11);4H,2-3H2,1H3. The summed E-state index contributed by atoms with van der Waals surface area (Å²) in [4.78, 5) is 3.99. The van der Waals surface area contributed by atoms with Crippen LogP contribution in [0.2, 0.25) is 0 Å². The number of rotatable bonds is 2. The van der Waals surface area contributed by atoms with E-state index in [1.165, 1.54) is 6.42 Å². The highest BCUT2D eigenvalue weighted by Crippen LogP contribution is 2.12. The number of nitrogens with zero attached hydrogens (tertiary/aromatic N) is 2. The highest BCUT2D eigenvalue weighted by Gasteiger charge is 1.96. The van der Waals surface area contributed by atoms with Crippen LogP contribution < -0.4 is 0 Å². The van der Waals surface area contributed by atoms with Crippen LogP contribution in [-0.4, -0.2) is 20.9 Å². The van der Waals surface area contributed by atoms with Gasteiger partial charge in [-0.1, -0.05) is 6.92 Å². The van der Waals surface area contributed by atoms with Gasteiger partial charge in [-0.3, -0.25) is 10.1 Å². The van der Waals surface area contributed by atoms with Gasteiger partial charge in [0.25, 0.3) is 0 Å². The topological polar surface area (TPSA) is 41.6 Å². The first-order chi connectivity index (χ1) is 7.38. The van der Waals surface area contributed by atoms with Crippen molar-refractivity contribution in [2.75, 3.05) is 5.75 Å². The fourth-order valence-electron chi connectivity index (χ4n) is 0.935. The lowest BCUT2D eigenvalue weighted by molar-refractivity contribution is 1.09. The number of nitrogens with one attached hydrogen (secondary N) is 1. The van der Waals surface area contributed by atoms with E-state index in [0.29, 0.717) is 0 Å². The maximum absolute atomic E-state index is 4.02. The van der Waals surface area contributed by atoms with Crippen LogP contribution in [0.15, 0.2) is 36.8 Å². The Hall–Kier alpha value is -1.29. The van der Waals surface area contributed by atoms with Gasteiger partial charge in [0.05, 0.1) is 5.69 Å². The quantitative estimate of drug-likeness (QED) is 0.766. The Labute approximate surface area is 95.4 Å². The average molecular weight is 221 g/mol. The summed E-state index contributed by atoms with van der Waals surface area (Å²) in [6, 6.07) is 5.78. The molecular formula is C11H15N3S. The van der Waals surface area contributed by atoms with Crippen molar-refractivity contribution in [1.82, 2.24) is 15.2 Å². The van der Waals surface area contributed by atoms with Crippen LogP contribution in [-0.2, 0) is 0 Å². The van der Waals surface area contributed by atoms with Crippen LogP contribution in [0.5, 0.6) is 0 Å². The second-order valence-corrected chi connectivity index (χ2v) is 3.37. The van der Waals surface area contributed by atoms with Crippen molar-refractivity contribution in [3.8, 4) is 11.3 Å². The Morgan fingerprint density at radius 3 is 2.67 bits per heavy atom.